The average Bonchev–Trinajstić information content (AvgIpc) is 2.92. The van der Waals surface area contributed by atoms with Crippen LogP contribution in [0.3, 0.4) is 0 Å². The van der Waals surface area contributed by atoms with Crippen LogP contribution in [0.2, 0.25) is 15.1 Å². The molecule has 3 N–H and O–H groups in total. The van der Waals surface area contributed by atoms with E-state index in [0.29, 0.717) is 33.5 Å². The summed E-state index contributed by atoms with van der Waals surface area (Å²) in [7, 11) is -3.67. The van der Waals surface area contributed by atoms with E-state index in [0.717, 1.165) is 54.6 Å². The number of nitrogens with one attached hydrogen (secondary N) is 3. The summed E-state index contributed by atoms with van der Waals surface area (Å²) in [6.07, 6.45) is 3.86. The van der Waals surface area contributed by atoms with Crippen molar-refractivity contribution in [2.24, 2.45) is 11.8 Å². The van der Waals surface area contributed by atoms with Crippen LogP contribution in [0.5, 0.6) is 0 Å². The zero-order valence-corrected chi connectivity index (χ0v) is 24.1. The van der Waals surface area contributed by atoms with Crippen LogP contribution in [0, 0.1) is 11.8 Å². The third kappa shape index (κ3) is 7.32. The molecule has 0 unspecified atom stereocenters. The predicted molar refractivity (Wildman–Crippen MR) is 160 cm³/mol. The molecule has 0 radical (unpaired) electrons. The highest BCUT2D eigenvalue weighted by Crippen LogP contribution is 2.30. The largest absolute Gasteiger partial charge is 0.354 e. The molecule has 39 heavy (non-hydrogen) atoms. The molecular formula is C28H28Cl3N5O2S. The Hall–Kier alpha value is -2.62. The van der Waals surface area contributed by atoms with Crippen LogP contribution < -0.4 is 15.4 Å². The van der Waals surface area contributed by atoms with Gasteiger partial charge in [-0.1, -0.05) is 46.9 Å². The van der Waals surface area contributed by atoms with Gasteiger partial charge in [0.2, 0.25) is 16.0 Å². The quantitative estimate of drug-likeness (QED) is 0.183. The first-order valence-corrected chi connectivity index (χ1v) is 15.4. The van der Waals surface area contributed by atoms with E-state index in [1.807, 2.05) is 48.5 Å². The van der Waals surface area contributed by atoms with Crippen molar-refractivity contribution < 1.29 is 8.42 Å². The summed E-state index contributed by atoms with van der Waals surface area (Å²) >= 11 is 18.0. The highest BCUT2D eigenvalue weighted by Gasteiger charge is 2.24. The molecule has 0 spiro atoms. The number of benzene rings is 3. The summed E-state index contributed by atoms with van der Waals surface area (Å²) in [6, 6.07) is 19.7. The van der Waals surface area contributed by atoms with Crippen LogP contribution in [0.1, 0.15) is 25.7 Å². The van der Waals surface area contributed by atoms with E-state index in [4.69, 9.17) is 44.8 Å². The van der Waals surface area contributed by atoms with Crippen LogP contribution in [-0.4, -0.2) is 31.5 Å². The fraction of sp³-hybridized carbons (Fsp3) is 0.286. The van der Waals surface area contributed by atoms with E-state index in [1.54, 1.807) is 0 Å². The summed E-state index contributed by atoms with van der Waals surface area (Å²) in [5.74, 6) is 2.02. The van der Waals surface area contributed by atoms with Gasteiger partial charge in [-0.05, 0) is 92.1 Å². The minimum Gasteiger partial charge on any atom is -0.354 e. The Balaban J connectivity index is 1.16. The van der Waals surface area contributed by atoms with Gasteiger partial charge in [0.1, 0.15) is 5.82 Å². The molecule has 0 atom stereocenters. The van der Waals surface area contributed by atoms with Gasteiger partial charge in [0.15, 0.2) is 0 Å². The molecule has 1 aromatic heterocycles. The highest BCUT2D eigenvalue weighted by molar-refractivity contribution is 7.89. The smallest absolute Gasteiger partial charge is 0.240 e. The minimum atomic E-state index is -3.67. The zero-order chi connectivity index (χ0) is 27.4. The number of sulfonamides is 1. The molecular weight excluding hydrogens is 577 g/mol. The Morgan fingerprint density at radius 1 is 0.769 bits per heavy atom. The molecule has 3 aromatic carbocycles. The van der Waals surface area contributed by atoms with Gasteiger partial charge >= 0.3 is 0 Å². The lowest BCUT2D eigenvalue weighted by molar-refractivity contribution is 0.284. The molecule has 1 fully saturated rings. The van der Waals surface area contributed by atoms with Crippen molar-refractivity contribution in [2.75, 3.05) is 23.7 Å². The van der Waals surface area contributed by atoms with Crippen LogP contribution in [0.15, 0.2) is 71.6 Å². The van der Waals surface area contributed by atoms with Gasteiger partial charge in [0, 0.05) is 39.2 Å². The maximum absolute atomic E-state index is 12.7. The van der Waals surface area contributed by atoms with Crippen LogP contribution in [0.4, 0.5) is 17.5 Å². The summed E-state index contributed by atoms with van der Waals surface area (Å²) in [4.78, 5) is 9.55. The van der Waals surface area contributed by atoms with Crippen molar-refractivity contribution in [3.63, 3.8) is 0 Å². The fourth-order valence-corrected chi connectivity index (χ4v) is 6.76. The predicted octanol–water partition coefficient (Wildman–Crippen LogP) is 7.53. The second-order valence-corrected chi connectivity index (χ2v) is 12.8. The lowest BCUT2D eigenvalue weighted by Crippen LogP contribution is -2.32. The number of fused-ring (bicyclic) bond motifs is 1. The maximum Gasteiger partial charge on any atom is 0.240 e. The van der Waals surface area contributed by atoms with Crippen molar-refractivity contribution in [2.45, 2.75) is 30.6 Å². The molecule has 1 aliphatic rings. The molecule has 0 bridgehead atoms. The molecule has 11 heteroatoms. The van der Waals surface area contributed by atoms with E-state index in [-0.39, 0.29) is 10.8 Å². The van der Waals surface area contributed by atoms with Crippen molar-refractivity contribution in [3.8, 4) is 0 Å². The summed E-state index contributed by atoms with van der Waals surface area (Å²) in [5, 5.41) is 8.99. The van der Waals surface area contributed by atoms with Crippen molar-refractivity contribution >= 4 is 73.2 Å². The second kappa shape index (κ2) is 12.3. The fourth-order valence-electron chi connectivity index (χ4n) is 4.79. The van der Waals surface area contributed by atoms with E-state index in [2.05, 4.69) is 15.4 Å². The molecule has 0 saturated heterocycles. The third-order valence-corrected chi connectivity index (χ3v) is 9.03. The number of halogens is 3. The van der Waals surface area contributed by atoms with Crippen LogP contribution in [0.25, 0.3) is 10.9 Å². The molecule has 0 amide bonds. The zero-order valence-electron chi connectivity index (χ0n) is 21.0. The van der Waals surface area contributed by atoms with Gasteiger partial charge in [0.25, 0.3) is 0 Å². The van der Waals surface area contributed by atoms with Crippen LogP contribution >= 0.6 is 34.8 Å². The Labute approximate surface area is 243 Å². The highest BCUT2D eigenvalue weighted by atomic mass is 35.5. The van der Waals surface area contributed by atoms with Gasteiger partial charge in [0.05, 0.1) is 10.4 Å². The van der Waals surface area contributed by atoms with Gasteiger partial charge in [-0.25, -0.2) is 18.1 Å². The minimum absolute atomic E-state index is 0.0817. The van der Waals surface area contributed by atoms with E-state index >= 15 is 0 Å². The molecule has 204 valence electrons. The molecule has 5 rings (SSSR count). The summed E-state index contributed by atoms with van der Waals surface area (Å²) in [6.45, 7) is 1.14. The standard InChI is InChI=1S/C28H28Cl3N5O2S/c29-20-9-11-23(12-10-20)34-27-25-3-1-2-4-26(25)35-28(36-27)32-16-18-5-7-19(8-6-18)17-33-39(37,38)24-14-21(30)13-22(31)15-24/h1-4,9-15,18-19,33H,5-8,16-17H2,(H2,32,34,35,36). The van der Waals surface area contributed by atoms with Gasteiger partial charge in [-0.3, -0.25) is 0 Å². The first-order valence-electron chi connectivity index (χ1n) is 12.7. The van der Waals surface area contributed by atoms with Gasteiger partial charge < -0.3 is 10.6 Å². The molecule has 1 saturated carbocycles. The molecule has 4 aromatic rings. The maximum atomic E-state index is 12.7. The lowest BCUT2D eigenvalue weighted by Gasteiger charge is -2.28. The number of hydrogen-bond acceptors (Lipinski definition) is 6. The van der Waals surface area contributed by atoms with Crippen molar-refractivity contribution in [3.05, 3.63) is 81.8 Å². The Kier molecular flexibility index (Phi) is 8.79. The Morgan fingerprint density at radius 3 is 2.10 bits per heavy atom. The summed E-state index contributed by atoms with van der Waals surface area (Å²) < 4.78 is 28.1. The summed E-state index contributed by atoms with van der Waals surface area (Å²) in [5.41, 5.74) is 1.74. The monoisotopic (exact) mass is 603 g/mol. The normalized spacial score (nSPS) is 17.7. The average molecular weight is 605 g/mol. The Morgan fingerprint density at radius 2 is 1.41 bits per heavy atom. The number of aromatic nitrogens is 2. The van der Waals surface area contributed by atoms with E-state index in [9.17, 15) is 8.42 Å². The van der Waals surface area contributed by atoms with Crippen molar-refractivity contribution in [1.29, 1.82) is 0 Å². The first kappa shape index (κ1) is 27.9. The Bertz CT molecular complexity index is 1540. The number of rotatable bonds is 9. The number of nitrogens with zero attached hydrogens (tertiary/aromatic N) is 2. The number of anilines is 3. The molecule has 1 aliphatic carbocycles. The van der Waals surface area contributed by atoms with Gasteiger partial charge in [-0.2, -0.15) is 4.98 Å². The second-order valence-electron chi connectivity index (χ2n) is 9.77. The lowest BCUT2D eigenvalue weighted by atomic mass is 9.82. The topological polar surface area (TPSA) is 96.0 Å². The van der Waals surface area contributed by atoms with Crippen molar-refractivity contribution in [1.82, 2.24) is 14.7 Å². The van der Waals surface area contributed by atoms with Gasteiger partial charge in [-0.15, -0.1) is 0 Å². The number of para-hydroxylation sites is 1. The molecule has 7 nitrogen and oxygen atoms in total. The third-order valence-electron chi connectivity index (χ3n) is 6.93. The van der Waals surface area contributed by atoms with E-state index < -0.39 is 10.0 Å². The first-order chi connectivity index (χ1) is 18.7. The molecule has 0 aliphatic heterocycles. The van der Waals surface area contributed by atoms with E-state index in [1.165, 1.54) is 18.2 Å². The SMILES string of the molecule is O=S(=O)(NCC1CCC(CNc2nc(Nc3ccc(Cl)cc3)c3ccccc3n2)CC1)c1cc(Cl)cc(Cl)c1. The molecule has 1 heterocycles. The van der Waals surface area contributed by atoms with Crippen LogP contribution in [-0.2, 0) is 10.0 Å². The number of hydrogen-bond donors (Lipinski definition) is 3.